The minimum Gasteiger partial charge on any atom is -0.480 e. The van der Waals surface area contributed by atoms with Crippen LogP contribution in [0, 0.1) is 5.82 Å². The molecule has 7 heteroatoms. The van der Waals surface area contributed by atoms with Gasteiger partial charge >= 0.3 is 5.97 Å². The van der Waals surface area contributed by atoms with Crippen molar-refractivity contribution in [2.75, 3.05) is 13.7 Å². The second-order valence-corrected chi connectivity index (χ2v) is 5.70. The van der Waals surface area contributed by atoms with E-state index >= 15 is 0 Å². The van der Waals surface area contributed by atoms with Crippen LogP contribution < -0.4 is 4.74 Å². The fourth-order valence-electron chi connectivity index (χ4n) is 2.28. The maximum atomic E-state index is 14.0. The molecule has 0 amide bonds. The molecule has 0 radical (unpaired) electrons. The molecule has 0 saturated heterocycles. The van der Waals surface area contributed by atoms with Gasteiger partial charge in [0.2, 0.25) is 0 Å². The molecular formula is C18H14ClFN2O3. The molecule has 2 aromatic carbocycles. The standard InChI is InChI=1S/C18H14ClFN2O3/c1-24-17(23)10-25-15-7-6-14(20)13-9-21-16(22-18(13)15)8-11-2-4-12(19)5-3-11/h2-7,9H,8,10H2,1H3. The first-order valence-electron chi connectivity index (χ1n) is 7.45. The summed E-state index contributed by atoms with van der Waals surface area (Å²) >= 11 is 5.88. The third-order valence-electron chi connectivity index (χ3n) is 3.56. The van der Waals surface area contributed by atoms with Crippen LogP contribution in [0.4, 0.5) is 4.39 Å². The van der Waals surface area contributed by atoms with Crippen LogP contribution in [0.2, 0.25) is 5.02 Å². The van der Waals surface area contributed by atoms with E-state index < -0.39 is 11.8 Å². The Labute approximate surface area is 148 Å². The van der Waals surface area contributed by atoms with E-state index in [-0.39, 0.29) is 12.0 Å². The SMILES string of the molecule is COC(=O)COc1ccc(F)c2cnc(Cc3ccc(Cl)cc3)nc12. The highest BCUT2D eigenvalue weighted by atomic mass is 35.5. The lowest BCUT2D eigenvalue weighted by Crippen LogP contribution is -2.13. The van der Waals surface area contributed by atoms with Gasteiger partial charge in [-0.05, 0) is 29.8 Å². The first-order valence-corrected chi connectivity index (χ1v) is 7.83. The predicted molar refractivity (Wildman–Crippen MR) is 91.3 cm³/mol. The van der Waals surface area contributed by atoms with E-state index in [9.17, 15) is 9.18 Å². The van der Waals surface area contributed by atoms with Crippen LogP contribution in [0.3, 0.4) is 0 Å². The number of nitrogens with zero attached hydrogens (tertiary/aromatic N) is 2. The second-order valence-electron chi connectivity index (χ2n) is 5.26. The zero-order valence-electron chi connectivity index (χ0n) is 13.3. The van der Waals surface area contributed by atoms with Gasteiger partial charge in [-0.2, -0.15) is 0 Å². The van der Waals surface area contributed by atoms with Crippen LogP contribution in [0.1, 0.15) is 11.4 Å². The highest BCUT2D eigenvalue weighted by Crippen LogP contribution is 2.26. The van der Waals surface area contributed by atoms with Crippen LogP contribution >= 0.6 is 11.6 Å². The minimum atomic E-state index is -0.534. The normalized spacial score (nSPS) is 10.7. The summed E-state index contributed by atoms with van der Waals surface area (Å²) in [6, 6.07) is 9.98. The van der Waals surface area contributed by atoms with E-state index in [1.54, 1.807) is 12.1 Å². The van der Waals surface area contributed by atoms with Crippen molar-refractivity contribution in [3.05, 3.63) is 64.8 Å². The summed E-state index contributed by atoms with van der Waals surface area (Å²) in [5.41, 5.74) is 1.28. The number of halogens is 2. The molecule has 0 unspecified atom stereocenters. The summed E-state index contributed by atoms with van der Waals surface area (Å²) in [6.07, 6.45) is 1.87. The molecule has 0 aliphatic carbocycles. The van der Waals surface area contributed by atoms with Crippen LogP contribution in [-0.2, 0) is 16.0 Å². The number of benzene rings is 2. The third kappa shape index (κ3) is 4.03. The summed E-state index contributed by atoms with van der Waals surface area (Å²) in [4.78, 5) is 19.9. The first-order chi connectivity index (χ1) is 12.1. The number of hydrogen-bond acceptors (Lipinski definition) is 5. The summed E-state index contributed by atoms with van der Waals surface area (Å²) in [5, 5.41) is 0.867. The van der Waals surface area contributed by atoms with E-state index in [2.05, 4.69) is 14.7 Å². The van der Waals surface area contributed by atoms with Crippen molar-refractivity contribution in [2.24, 2.45) is 0 Å². The summed E-state index contributed by atoms with van der Waals surface area (Å²) < 4.78 is 23.9. The fourth-order valence-corrected chi connectivity index (χ4v) is 2.41. The number of rotatable bonds is 5. The van der Waals surface area contributed by atoms with E-state index in [0.717, 1.165) is 5.56 Å². The van der Waals surface area contributed by atoms with Gasteiger partial charge in [-0.25, -0.2) is 19.2 Å². The topological polar surface area (TPSA) is 61.3 Å². The number of esters is 1. The van der Waals surface area contributed by atoms with E-state index in [0.29, 0.717) is 28.5 Å². The lowest BCUT2D eigenvalue weighted by molar-refractivity contribution is -0.142. The molecule has 5 nitrogen and oxygen atoms in total. The van der Waals surface area contributed by atoms with Gasteiger partial charge in [-0.1, -0.05) is 23.7 Å². The van der Waals surface area contributed by atoms with E-state index in [1.165, 1.54) is 25.4 Å². The Balaban J connectivity index is 1.93. The molecule has 0 aliphatic heterocycles. The molecule has 0 bridgehead atoms. The Morgan fingerprint density at radius 2 is 1.96 bits per heavy atom. The molecule has 0 spiro atoms. The lowest BCUT2D eigenvalue weighted by Gasteiger charge is -2.09. The summed E-state index contributed by atoms with van der Waals surface area (Å²) in [5.74, 6) is -0.198. The van der Waals surface area contributed by atoms with Crippen LogP contribution in [0.15, 0.2) is 42.6 Å². The fraction of sp³-hybridized carbons (Fsp3) is 0.167. The molecule has 0 fully saturated rings. The molecule has 25 heavy (non-hydrogen) atoms. The van der Waals surface area contributed by atoms with Crippen molar-refractivity contribution in [2.45, 2.75) is 6.42 Å². The number of methoxy groups -OCH3 is 1. The number of ether oxygens (including phenoxy) is 2. The Morgan fingerprint density at radius 3 is 2.68 bits per heavy atom. The molecule has 3 aromatic rings. The Morgan fingerprint density at radius 1 is 1.20 bits per heavy atom. The first kappa shape index (κ1) is 17.1. The second kappa shape index (κ2) is 7.44. The van der Waals surface area contributed by atoms with Crippen molar-refractivity contribution in [3.8, 4) is 5.75 Å². The monoisotopic (exact) mass is 360 g/mol. The molecule has 0 aliphatic rings. The zero-order chi connectivity index (χ0) is 17.8. The number of carbonyl (C=O) groups is 1. The number of fused-ring (bicyclic) bond motifs is 1. The molecular weight excluding hydrogens is 347 g/mol. The predicted octanol–water partition coefficient (Wildman–Crippen LogP) is 3.56. The Hall–Kier alpha value is -2.73. The van der Waals surface area contributed by atoms with Gasteiger partial charge in [0.15, 0.2) is 6.61 Å². The average Bonchev–Trinajstić information content (AvgIpc) is 2.63. The van der Waals surface area contributed by atoms with Gasteiger partial charge in [0, 0.05) is 17.6 Å². The van der Waals surface area contributed by atoms with Crippen LogP contribution in [0.25, 0.3) is 10.9 Å². The van der Waals surface area contributed by atoms with E-state index in [4.69, 9.17) is 16.3 Å². The van der Waals surface area contributed by atoms with E-state index in [1.807, 2.05) is 12.1 Å². The maximum absolute atomic E-state index is 14.0. The molecule has 128 valence electrons. The van der Waals surface area contributed by atoms with Gasteiger partial charge in [0.25, 0.3) is 0 Å². The van der Waals surface area contributed by atoms with Crippen molar-refractivity contribution in [1.82, 2.24) is 9.97 Å². The lowest BCUT2D eigenvalue weighted by atomic mass is 10.1. The van der Waals surface area contributed by atoms with Gasteiger partial charge in [0.1, 0.15) is 22.9 Å². The Bertz CT molecular complexity index is 916. The van der Waals surface area contributed by atoms with Crippen LogP contribution in [0.5, 0.6) is 5.75 Å². The van der Waals surface area contributed by atoms with Gasteiger partial charge < -0.3 is 9.47 Å². The van der Waals surface area contributed by atoms with Crippen molar-refractivity contribution in [3.63, 3.8) is 0 Å². The quantitative estimate of drug-likeness (QED) is 0.651. The van der Waals surface area contributed by atoms with Gasteiger partial charge in [-0.15, -0.1) is 0 Å². The highest BCUT2D eigenvalue weighted by Gasteiger charge is 2.12. The molecule has 3 rings (SSSR count). The van der Waals surface area contributed by atoms with Gasteiger partial charge in [0.05, 0.1) is 12.5 Å². The van der Waals surface area contributed by atoms with Crippen molar-refractivity contribution in [1.29, 1.82) is 0 Å². The minimum absolute atomic E-state index is 0.224. The molecule has 0 atom stereocenters. The summed E-state index contributed by atoms with van der Waals surface area (Å²) in [6.45, 7) is -0.284. The van der Waals surface area contributed by atoms with Crippen molar-refractivity contribution >= 4 is 28.5 Å². The number of aromatic nitrogens is 2. The highest BCUT2D eigenvalue weighted by molar-refractivity contribution is 6.30. The zero-order valence-corrected chi connectivity index (χ0v) is 14.1. The number of carbonyl (C=O) groups excluding carboxylic acids is 1. The number of hydrogen-bond donors (Lipinski definition) is 0. The van der Waals surface area contributed by atoms with Gasteiger partial charge in [-0.3, -0.25) is 0 Å². The Kier molecular flexibility index (Phi) is 5.09. The molecule has 0 N–H and O–H groups in total. The largest absolute Gasteiger partial charge is 0.480 e. The molecule has 0 saturated carbocycles. The third-order valence-corrected chi connectivity index (χ3v) is 3.81. The maximum Gasteiger partial charge on any atom is 0.343 e. The average molecular weight is 361 g/mol. The van der Waals surface area contributed by atoms with Crippen LogP contribution in [-0.4, -0.2) is 29.7 Å². The van der Waals surface area contributed by atoms with Crippen molar-refractivity contribution < 1.29 is 18.7 Å². The molecule has 1 aromatic heterocycles. The smallest absolute Gasteiger partial charge is 0.343 e. The molecule has 1 heterocycles. The summed E-state index contributed by atoms with van der Waals surface area (Å²) in [7, 11) is 1.26.